The highest BCUT2D eigenvalue weighted by atomic mass is 32.1. The van der Waals surface area contributed by atoms with Gasteiger partial charge in [-0.05, 0) is 30.2 Å². The van der Waals surface area contributed by atoms with E-state index < -0.39 is 0 Å². The normalized spacial score (nSPS) is 14.8. The Bertz CT molecular complexity index is 932. The number of hydrogen-bond acceptors (Lipinski definition) is 5. The van der Waals surface area contributed by atoms with Crippen LogP contribution >= 0.6 is 11.3 Å². The van der Waals surface area contributed by atoms with Crippen molar-refractivity contribution in [3.63, 3.8) is 0 Å². The van der Waals surface area contributed by atoms with Crippen LogP contribution < -0.4 is 5.32 Å². The van der Waals surface area contributed by atoms with Gasteiger partial charge in [0, 0.05) is 43.8 Å². The van der Waals surface area contributed by atoms with Crippen molar-refractivity contribution in [3.05, 3.63) is 76.8 Å². The first-order valence-corrected chi connectivity index (χ1v) is 10.4. The second-order valence-corrected chi connectivity index (χ2v) is 7.94. The third-order valence-electron chi connectivity index (χ3n) is 4.90. The molecule has 1 N–H and O–H groups in total. The van der Waals surface area contributed by atoms with Gasteiger partial charge in [-0.25, -0.2) is 4.98 Å². The van der Waals surface area contributed by atoms with Gasteiger partial charge in [0.25, 0.3) is 5.91 Å². The molecule has 1 amide bonds. The first-order chi connectivity index (χ1) is 13.7. The summed E-state index contributed by atoms with van der Waals surface area (Å²) >= 11 is 1.46. The van der Waals surface area contributed by atoms with E-state index in [-0.39, 0.29) is 5.91 Å². The third kappa shape index (κ3) is 4.58. The second-order valence-electron chi connectivity index (χ2n) is 7.09. The molecule has 0 unspecified atom stereocenters. The SMILES string of the molecule is Cc1cccc(Nc2nc(C(=O)N3CCN(Cc4ccccc4)CC3)cs2)c1. The minimum Gasteiger partial charge on any atom is -0.335 e. The fourth-order valence-electron chi connectivity index (χ4n) is 3.39. The Morgan fingerprint density at radius 1 is 1.07 bits per heavy atom. The van der Waals surface area contributed by atoms with Crippen molar-refractivity contribution < 1.29 is 4.79 Å². The van der Waals surface area contributed by atoms with Crippen LogP contribution in [0.4, 0.5) is 10.8 Å². The van der Waals surface area contributed by atoms with Crippen molar-refractivity contribution >= 4 is 28.1 Å². The quantitative estimate of drug-likeness (QED) is 0.709. The number of amides is 1. The van der Waals surface area contributed by atoms with E-state index in [2.05, 4.69) is 58.5 Å². The predicted molar refractivity (Wildman–Crippen MR) is 114 cm³/mol. The number of piperazine rings is 1. The zero-order valence-electron chi connectivity index (χ0n) is 16.0. The molecule has 2 heterocycles. The molecule has 6 heteroatoms. The molecule has 0 spiro atoms. The first kappa shape index (κ1) is 18.7. The van der Waals surface area contributed by atoms with Crippen LogP contribution in [0.2, 0.25) is 0 Å². The Kier molecular flexibility index (Phi) is 5.69. The Morgan fingerprint density at radius 2 is 1.86 bits per heavy atom. The molecule has 3 aromatic rings. The lowest BCUT2D eigenvalue weighted by Gasteiger charge is -2.34. The maximum atomic E-state index is 12.8. The number of carbonyl (C=O) groups is 1. The molecule has 2 aromatic carbocycles. The van der Waals surface area contributed by atoms with Crippen LogP contribution in [0.1, 0.15) is 21.6 Å². The van der Waals surface area contributed by atoms with E-state index in [4.69, 9.17) is 0 Å². The van der Waals surface area contributed by atoms with Gasteiger partial charge in [-0.2, -0.15) is 0 Å². The number of carbonyl (C=O) groups excluding carboxylic acids is 1. The van der Waals surface area contributed by atoms with Gasteiger partial charge in [0.1, 0.15) is 5.69 Å². The summed E-state index contributed by atoms with van der Waals surface area (Å²) in [5.41, 5.74) is 4.01. The second kappa shape index (κ2) is 8.54. The van der Waals surface area contributed by atoms with Crippen LogP contribution in [-0.4, -0.2) is 46.9 Å². The van der Waals surface area contributed by atoms with Crippen LogP contribution in [0.25, 0.3) is 0 Å². The summed E-state index contributed by atoms with van der Waals surface area (Å²) in [6.45, 7) is 6.25. The summed E-state index contributed by atoms with van der Waals surface area (Å²) in [4.78, 5) is 21.6. The van der Waals surface area contributed by atoms with E-state index in [1.165, 1.54) is 22.5 Å². The number of benzene rings is 2. The average Bonchev–Trinajstić information content (AvgIpc) is 3.17. The molecule has 1 aliphatic rings. The molecule has 4 rings (SSSR count). The Balaban J connectivity index is 1.32. The van der Waals surface area contributed by atoms with E-state index in [9.17, 15) is 4.79 Å². The maximum absolute atomic E-state index is 12.8. The number of aryl methyl sites for hydroxylation is 1. The summed E-state index contributed by atoms with van der Waals surface area (Å²) < 4.78 is 0. The molecule has 5 nitrogen and oxygen atoms in total. The molecule has 0 bridgehead atoms. The average molecular weight is 393 g/mol. The number of nitrogens with one attached hydrogen (secondary N) is 1. The minimum absolute atomic E-state index is 0.0212. The van der Waals surface area contributed by atoms with Crippen molar-refractivity contribution in [2.75, 3.05) is 31.5 Å². The number of hydrogen-bond donors (Lipinski definition) is 1. The minimum atomic E-state index is 0.0212. The topological polar surface area (TPSA) is 48.5 Å². The van der Waals surface area contributed by atoms with E-state index >= 15 is 0 Å². The van der Waals surface area contributed by atoms with Crippen LogP contribution in [0.3, 0.4) is 0 Å². The summed E-state index contributed by atoms with van der Waals surface area (Å²) in [6.07, 6.45) is 0. The number of aromatic nitrogens is 1. The third-order valence-corrected chi connectivity index (χ3v) is 5.66. The zero-order chi connectivity index (χ0) is 19.3. The number of nitrogens with zero attached hydrogens (tertiary/aromatic N) is 3. The largest absolute Gasteiger partial charge is 0.335 e. The highest BCUT2D eigenvalue weighted by Crippen LogP contribution is 2.22. The van der Waals surface area contributed by atoms with Gasteiger partial charge < -0.3 is 10.2 Å². The molecule has 0 aliphatic carbocycles. The number of thiazole rings is 1. The highest BCUT2D eigenvalue weighted by molar-refractivity contribution is 7.14. The molecule has 0 saturated carbocycles. The molecule has 0 atom stereocenters. The Hall–Kier alpha value is -2.70. The van der Waals surface area contributed by atoms with Gasteiger partial charge in [0.05, 0.1) is 0 Å². The fraction of sp³-hybridized carbons (Fsp3) is 0.273. The van der Waals surface area contributed by atoms with Gasteiger partial charge >= 0.3 is 0 Å². The summed E-state index contributed by atoms with van der Waals surface area (Å²) in [7, 11) is 0. The summed E-state index contributed by atoms with van der Waals surface area (Å²) in [5, 5.41) is 5.88. The van der Waals surface area contributed by atoms with Crippen LogP contribution in [0, 0.1) is 6.92 Å². The molecule has 144 valence electrons. The van der Waals surface area contributed by atoms with Crippen LogP contribution in [-0.2, 0) is 6.54 Å². The smallest absolute Gasteiger partial charge is 0.273 e. The highest BCUT2D eigenvalue weighted by Gasteiger charge is 2.24. The van der Waals surface area contributed by atoms with Gasteiger partial charge in [-0.1, -0.05) is 42.5 Å². The lowest BCUT2D eigenvalue weighted by atomic mass is 10.2. The lowest BCUT2D eigenvalue weighted by molar-refractivity contribution is 0.0623. The lowest BCUT2D eigenvalue weighted by Crippen LogP contribution is -2.48. The molecular formula is C22H24N4OS. The van der Waals surface area contributed by atoms with Gasteiger partial charge in [-0.3, -0.25) is 9.69 Å². The predicted octanol–water partition coefficient (Wildman–Crippen LogP) is 4.15. The van der Waals surface area contributed by atoms with Gasteiger partial charge in [-0.15, -0.1) is 11.3 Å². The van der Waals surface area contributed by atoms with E-state index in [0.29, 0.717) is 5.69 Å². The van der Waals surface area contributed by atoms with E-state index in [1.54, 1.807) is 0 Å². The molecule has 1 aromatic heterocycles. The standard InChI is InChI=1S/C22H24N4OS/c1-17-6-5-9-19(14-17)23-22-24-20(16-28-22)21(27)26-12-10-25(11-13-26)15-18-7-3-2-4-8-18/h2-9,14,16H,10-13,15H2,1H3,(H,23,24). The first-order valence-electron chi connectivity index (χ1n) is 9.52. The summed E-state index contributed by atoms with van der Waals surface area (Å²) in [5.74, 6) is 0.0212. The number of rotatable bonds is 5. The van der Waals surface area contributed by atoms with Gasteiger partial charge in [0.2, 0.25) is 0 Å². The van der Waals surface area contributed by atoms with Crippen molar-refractivity contribution in [2.45, 2.75) is 13.5 Å². The van der Waals surface area contributed by atoms with Crippen LogP contribution in [0.15, 0.2) is 60.0 Å². The molecular weight excluding hydrogens is 368 g/mol. The molecule has 1 saturated heterocycles. The monoisotopic (exact) mass is 392 g/mol. The molecule has 1 aliphatic heterocycles. The Labute approximate surface area is 169 Å². The van der Waals surface area contributed by atoms with Crippen molar-refractivity contribution in [1.82, 2.24) is 14.8 Å². The molecule has 1 fully saturated rings. The van der Waals surface area contributed by atoms with Crippen molar-refractivity contribution in [2.24, 2.45) is 0 Å². The fourth-order valence-corrected chi connectivity index (χ4v) is 4.09. The van der Waals surface area contributed by atoms with Gasteiger partial charge in [0.15, 0.2) is 5.13 Å². The zero-order valence-corrected chi connectivity index (χ0v) is 16.8. The van der Waals surface area contributed by atoms with E-state index in [1.807, 2.05) is 28.5 Å². The Morgan fingerprint density at radius 3 is 2.61 bits per heavy atom. The summed E-state index contributed by atoms with van der Waals surface area (Å²) in [6, 6.07) is 18.6. The van der Waals surface area contributed by atoms with E-state index in [0.717, 1.165) is 43.5 Å². The van der Waals surface area contributed by atoms with Crippen molar-refractivity contribution in [3.8, 4) is 0 Å². The number of anilines is 2. The molecule has 28 heavy (non-hydrogen) atoms. The molecule has 0 radical (unpaired) electrons. The maximum Gasteiger partial charge on any atom is 0.273 e. The van der Waals surface area contributed by atoms with Crippen LogP contribution in [0.5, 0.6) is 0 Å². The van der Waals surface area contributed by atoms with Crippen molar-refractivity contribution in [1.29, 1.82) is 0 Å².